The number of amides is 1. The number of rotatable bonds is 5. The summed E-state index contributed by atoms with van der Waals surface area (Å²) >= 11 is 0. The average Bonchev–Trinajstić information content (AvgIpc) is 2.63. The maximum Gasteiger partial charge on any atom is 0.411 e. The van der Waals surface area contributed by atoms with Gasteiger partial charge in [-0.15, -0.1) is 0 Å². The molecule has 2 aromatic carbocycles. The van der Waals surface area contributed by atoms with Gasteiger partial charge in [0.15, 0.2) is 0 Å². The summed E-state index contributed by atoms with van der Waals surface area (Å²) in [4.78, 5) is 23.7. The fourth-order valence-corrected chi connectivity index (χ4v) is 2.62. The molecule has 6 nitrogen and oxygen atoms in total. The molecule has 0 radical (unpaired) electrons. The van der Waals surface area contributed by atoms with Gasteiger partial charge in [0.05, 0.1) is 12.3 Å². The summed E-state index contributed by atoms with van der Waals surface area (Å²) < 4.78 is 33.0. The Bertz CT molecular complexity index is 1050. The van der Waals surface area contributed by atoms with Gasteiger partial charge in [0.2, 0.25) is 5.43 Å². The molecule has 3 rings (SSSR count). The fraction of sp³-hybridized carbons (Fsp3) is 0.150. The van der Waals surface area contributed by atoms with Crippen LogP contribution >= 0.6 is 0 Å². The highest BCUT2D eigenvalue weighted by Crippen LogP contribution is 2.15. The van der Waals surface area contributed by atoms with Crippen LogP contribution in [0, 0.1) is 11.6 Å². The second kappa shape index (κ2) is 8.43. The van der Waals surface area contributed by atoms with Crippen LogP contribution in [-0.4, -0.2) is 22.5 Å². The molecule has 0 aliphatic heterocycles. The molecule has 28 heavy (non-hydrogen) atoms. The Balaban J connectivity index is 1.86. The highest BCUT2D eigenvalue weighted by molar-refractivity contribution is 5.84. The molecule has 0 unspecified atom stereocenters. The number of nitrogens with one attached hydrogen (secondary N) is 1. The van der Waals surface area contributed by atoms with Crippen molar-refractivity contribution in [3.05, 3.63) is 87.8 Å². The van der Waals surface area contributed by atoms with E-state index in [0.717, 1.165) is 23.8 Å². The van der Waals surface area contributed by atoms with Gasteiger partial charge in [-0.3, -0.25) is 10.1 Å². The third kappa shape index (κ3) is 4.79. The second-order valence-corrected chi connectivity index (χ2v) is 5.92. The average molecular weight is 385 g/mol. The molecule has 0 bridgehead atoms. The van der Waals surface area contributed by atoms with E-state index in [9.17, 15) is 18.4 Å². The zero-order valence-electron chi connectivity index (χ0n) is 15.0. The van der Waals surface area contributed by atoms with E-state index in [4.69, 9.17) is 4.74 Å². The van der Waals surface area contributed by atoms with Crippen LogP contribution in [-0.2, 0) is 11.2 Å². The van der Waals surface area contributed by atoms with E-state index in [1.165, 1.54) is 16.9 Å². The van der Waals surface area contributed by atoms with Crippen LogP contribution in [0.1, 0.15) is 18.2 Å². The van der Waals surface area contributed by atoms with Gasteiger partial charge in [-0.25, -0.2) is 18.3 Å². The minimum Gasteiger partial charge on any atom is -0.450 e. The predicted octanol–water partition coefficient (Wildman–Crippen LogP) is 3.67. The van der Waals surface area contributed by atoms with Gasteiger partial charge in [-0.1, -0.05) is 12.1 Å². The Kier molecular flexibility index (Phi) is 5.78. The molecule has 1 amide bonds. The fourth-order valence-electron chi connectivity index (χ4n) is 2.62. The number of aromatic nitrogens is 2. The van der Waals surface area contributed by atoms with Gasteiger partial charge in [0, 0.05) is 30.4 Å². The maximum atomic E-state index is 13.5. The van der Waals surface area contributed by atoms with Crippen molar-refractivity contribution in [1.29, 1.82) is 0 Å². The quantitative estimate of drug-likeness (QED) is 0.727. The van der Waals surface area contributed by atoms with Crippen LogP contribution in [0.3, 0.4) is 0 Å². The Labute approximate surface area is 159 Å². The number of ether oxygens (including phenoxy) is 1. The van der Waals surface area contributed by atoms with E-state index in [1.54, 1.807) is 31.2 Å². The lowest BCUT2D eigenvalue weighted by Crippen LogP contribution is -2.17. The Morgan fingerprint density at radius 1 is 1.14 bits per heavy atom. The maximum absolute atomic E-state index is 13.5. The van der Waals surface area contributed by atoms with Gasteiger partial charge in [0.1, 0.15) is 17.3 Å². The topological polar surface area (TPSA) is 73.2 Å². The Morgan fingerprint density at radius 2 is 1.89 bits per heavy atom. The Morgan fingerprint density at radius 3 is 2.61 bits per heavy atom. The van der Waals surface area contributed by atoms with Gasteiger partial charge < -0.3 is 4.74 Å². The normalized spacial score (nSPS) is 10.5. The van der Waals surface area contributed by atoms with Gasteiger partial charge >= 0.3 is 6.09 Å². The van der Waals surface area contributed by atoms with Gasteiger partial charge in [0.25, 0.3) is 0 Å². The largest absolute Gasteiger partial charge is 0.450 e. The third-order valence-corrected chi connectivity index (χ3v) is 3.81. The molecule has 0 aliphatic rings. The summed E-state index contributed by atoms with van der Waals surface area (Å²) in [6.45, 7) is 1.95. The molecule has 0 saturated heterocycles. The van der Waals surface area contributed by atoms with E-state index in [2.05, 4.69) is 10.4 Å². The smallest absolute Gasteiger partial charge is 0.411 e. The third-order valence-electron chi connectivity index (χ3n) is 3.81. The summed E-state index contributed by atoms with van der Waals surface area (Å²) in [7, 11) is 0. The van der Waals surface area contributed by atoms with Crippen LogP contribution in [0.2, 0.25) is 0 Å². The molecule has 0 fully saturated rings. The first-order valence-corrected chi connectivity index (χ1v) is 8.52. The van der Waals surface area contributed by atoms with E-state index >= 15 is 0 Å². The van der Waals surface area contributed by atoms with Crippen molar-refractivity contribution in [3.8, 4) is 5.69 Å². The summed E-state index contributed by atoms with van der Waals surface area (Å²) in [5.74, 6) is -1.48. The predicted molar refractivity (Wildman–Crippen MR) is 99.6 cm³/mol. The lowest BCUT2D eigenvalue weighted by molar-refractivity contribution is 0.168. The summed E-state index contributed by atoms with van der Waals surface area (Å²) in [5, 5.41) is 6.78. The molecule has 0 atom stereocenters. The number of benzene rings is 2. The number of carbonyl (C=O) groups excluding carboxylic acids is 1. The minimum absolute atomic E-state index is 0.163. The molecular weight excluding hydrogens is 368 g/mol. The molecule has 8 heteroatoms. The van der Waals surface area contributed by atoms with E-state index in [0.29, 0.717) is 5.69 Å². The van der Waals surface area contributed by atoms with Crippen LogP contribution in [0.25, 0.3) is 5.69 Å². The molecule has 3 aromatic rings. The van der Waals surface area contributed by atoms with Crippen molar-refractivity contribution >= 4 is 11.8 Å². The number of halogens is 2. The molecule has 0 spiro atoms. The summed E-state index contributed by atoms with van der Waals surface area (Å²) in [6.07, 6.45) is 0.946. The first-order valence-electron chi connectivity index (χ1n) is 8.52. The van der Waals surface area contributed by atoms with Crippen LogP contribution in [0.5, 0.6) is 0 Å². The van der Waals surface area contributed by atoms with Gasteiger partial charge in [-0.05, 0) is 36.8 Å². The van der Waals surface area contributed by atoms with E-state index < -0.39 is 17.7 Å². The molecule has 1 aromatic heterocycles. The standard InChI is InChI=1S/C20H17F2N3O3/c1-2-28-20(27)23-16-5-3-4-13(8-16)9-18-19(26)6-7-25(24-18)17-11-14(21)10-15(22)12-17/h3-8,10-12H,2,9H2,1H3,(H,23,27). The second-order valence-electron chi connectivity index (χ2n) is 5.92. The van der Waals surface area contributed by atoms with E-state index in [-0.39, 0.29) is 29.8 Å². The van der Waals surface area contributed by atoms with Crippen molar-refractivity contribution in [2.24, 2.45) is 0 Å². The number of anilines is 1. The van der Waals surface area contributed by atoms with Crippen molar-refractivity contribution < 1.29 is 18.3 Å². The highest BCUT2D eigenvalue weighted by atomic mass is 19.1. The lowest BCUT2D eigenvalue weighted by atomic mass is 10.1. The van der Waals surface area contributed by atoms with Crippen molar-refractivity contribution in [2.75, 3.05) is 11.9 Å². The molecule has 1 heterocycles. The van der Waals surface area contributed by atoms with Crippen molar-refractivity contribution in [3.63, 3.8) is 0 Å². The van der Waals surface area contributed by atoms with Crippen molar-refractivity contribution in [1.82, 2.24) is 9.78 Å². The van der Waals surface area contributed by atoms with Crippen LogP contribution in [0.15, 0.2) is 59.5 Å². The number of carbonyl (C=O) groups is 1. The molecule has 1 N–H and O–H groups in total. The number of nitrogens with zero attached hydrogens (tertiary/aromatic N) is 2. The first-order chi connectivity index (χ1) is 13.4. The summed E-state index contributed by atoms with van der Waals surface area (Å²) in [6, 6.07) is 11.2. The SMILES string of the molecule is CCOC(=O)Nc1cccc(Cc2nn(-c3cc(F)cc(F)c3)ccc2=O)c1. The number of hydrogen-bond donors (Lipinski definition) is 1. The minimum atomic E-state index is -0.741. The van der Waals surface area contributed by atoms with Crippen molar-refractivity contribution in [2.45, 2.75) is 13.3 Å². The molecule has 144 valence electrons. The van der Waals surface area contributed by atoms with Gasteiger partial charge in [-0.2, -0.15) is 5.10 Å². The number of hydrogen-bond acceptors (Lipinski definition) is 4. The first kappa shape index (κ1) is 19.2. The molecule has 0 saturated carbocycles. The zero-order valence-corrected chi connectivity index (χ0v) is 15.0. The van der Waals surface area contributed by atoms with Crippen LogP contribution in [0.4, 0.5) is 19.3 Å². The summed E-state index contributed by atoms with van der Waals surface area (Å²) in [5.41, 5.74) is 1.29. The lowest BCUT2D eigenvalue weighted by Gasteiger charge is -2.09. The Hall–Kier alpha value is -3.55. The highest BCUT2D eigenvalue weighted by Gasteiger charge is 2.09. The molecular formula is C20H17F2N3O3. The van der Waals surface area contributed by atoms with E-state index in [1.807, 2.05) is 0 Å². The van der Waals surface area contributed by atoms with Crippen LogP contribution < -0.4 is 10.7 Å². The molecule has 0 aliphatic carbocycles. The zero-order chi connectivity index (χ0) is 20.1. The monoisotopic (exact) mass is 385 g/mol.